The van der Waals surface area contributed by atoms with E-state index in [1.54, 1.807) is 36.1 Å². The molecule has 8 nitrogen and oxygen atoms in total. The molecule has 9 heteroatoms. The highest BCUT2D eigenvalue weighted by atomic mass is 32.1. The van der Waals surface area contributed by atoms with Gasteiger partial charge in [0.15, 0.2) is 0 Å². The largest absolute Gasteiger partial charge is 0.494 e. The number of primary amides is 1. The lowest BCUT2D eigenvalue weighted by atomic mass is 10.0. The molecule has 154 valence electrons. The van der Waals surface area contributed by atoms with E-state index in [-0.39, 0.29) is 5.91 Å². The van der Waals surface area contributed by atoms with Crippen molar-refractivity contribution in [3.05, 3.63) is 45.8 Å². The Hall–Kier alpha value is -3.07. The van der Waals surface area contributed by atoms with Gasteiger partial charge in [0.1, 0.15) is 10.8 Å². The van der Waals surface area contributed by atoms with Crippen LogP contribution in [0.25, 0.3) is 0 Å². The van der Waals surface area contributed by atoms with Gasteiger partial charge in [-0.3, -0.25) is 9.59 Å². The second-order valence-corrected chi connectivity index (χ2v) is 7.46. The summed E-state index contributed by atoms with van der Waals surface area (Å²) >= 11 is 1.26. The fourth-order valence-corrected chi connectivity index (χ4v) is 4.43. The molecule has 3 rings (SSSR count). The first-order chi connectivity index (χ1) is 13.9. The number of nitrogens with one attached hydrogen (secondary N) is 1. The summed E-state index contributed by atoms with van der Waals surface area (Å²) < 4.78 is 10.4. The van der Waals surface area contributed by atoms with Crippen LogP contribution >= 0.6 is 11.3 Å². The van der Waals surface area contributed by atoms with Gasteiger partial charge < -0.3 is 25.4 Å². The Labute approximate surface area is 172 Å². The van der Waals surface area contributed by atoms with Gasteiger partial charge in [0.2, 0.25) is 0 Å². The zero-order valence-corrected chi connectivity index (χ0v) is 17.1. The summed E-state index contributed by atoms with van der Waals surface area (Å²) in [5, 5.41) is 3.18. The van der Waals surface area contributed by atoms with Gasteiger partial charge in [-0.05, 0) is 50.1 Å². The SMILES string of the molecule is CCOC(=O)N1CCc2c(sc(NC(=O)c3ccc(OCC)cc3)c2C(N)=O)C1. The van der Waals surface area contributed by atoms with Crippen molar-refractivity contribution < 1.29 is 23.9 Å². The topological polar surface area (TPSA) is 111 Å². The van der Waals surface area contributed by atoms with Crippen LogP contribution < -0.4 is 15.8 Å². The van der Waals surface area contributed by atoms with Gasteiger partial charge in [0.25, 0.3) is 11.8 Å². The fourth-order valence-electron chi connectivity index (χ4n) is 3.17. The number of fused-ring (bicyclic) bond motifs is 1. The number of nitrogens with zero attached hydrogens (tertiary/aromatic N) is 1. The van der Waals surface area contributed by atoms with E-state index in [4.69, 9.17) is 15.2 Å². The van der Waals surface area contributed by atoms with E-state index in [1.165, 1.54) is 11.3 Å². The van der Waals surface area contributed by atoms with Crippen molar-refractivity contribution in [2.45, 2.75) is 26.8 Å². The number of amides is 3. The molecule has 3 amide bonds. The Morgan fingerprint density at radius 2 is 1.90 bits per heavy atom. The van der Waals surface area contributed by atoms with Crippen LogP contribution in [-0.2, 0) is 17.7 Å². The molecule has 3 N–H and O–H groups in total. The maximum Gasteiger partial charge on any atom is 0.410 e. The quantitative estimate of drug-likeness (QED) is 0.751. The van der Waals surface area contributed by atoms with E-state index in [0.717, 1.165) is 10.4 Å². The van der Waals surface area contributed by atoms with Crippen LogP contribution in [0.15, 0.2) is 24.3 Å². The maximum absolute atomic E-state index is 12.6. The third-order valence-corrected chi connectivity index (χ3v) is 5.62. The lowest BCUT2D eigenvalue weighted by Gasteiger charge is -2.26. The first-order valence-electron chi connectivity index (χ1n) is 9.34. The van der Waals surface area contributed by atoms with Crippen molar-refractivity contribution in [1.82, 2.24) is 4.90 Å². The van der Waals surface area contributed by atoms with Crippen molar-refractivity contribution in [3.8, 4) is 5.75 Å². The molecule has 1 aromatic carbocycles. The van der Waals surface area contributed by atoms with Crippen molar-refractivity contribution in [2.75, 3.05) is 25.1 Å². The summed E-state index contributed by atoms with van der Waals surface area (Å²) in [6.45, 7) is 5.21. The molecule has 0 saturated carbocycles. The standard InChI is InChI=1S/C20H23N3O5S/c1-3-27-13-7-5-12(6-8-13)18(25)22-19-16(17(21)24)14-9-10-23(11-15(14)29-19)20(26)28-4-2/h5-8H,3-4,9-11H2,1-2H3,(H2,21,24)(H,22,25). The monoisotopic (exact) mass is 417 g/mol. The number of hydrogen-bond donors (Lipinski definition) is 2. The number of carbonyl (C=O) groups excluding carboxylic acids is 3. The van der Waals surface area contributed by atoms with E-state index < -0.39 is 12.0 Å². The van der Waals surface area contributed by atoms with E-state index in [2.05, 4.69) is 5.32 Å². The van der Waals surface area contributed by atoms with Gasteiger partial charge in [-0.2, -0.15) is 0 Å². The lowest BCUT2D eigenvalue weighted by Crippen LogP contribution is -2.36. The zero-order valence-electron chi connectivity index (χ0n) is 16.3. The van der Waals surface area contributed by atoms with Crippen LogP contribution in [0.3, 0.4) is 0 Å². The summed E-state index contributed by atoms with van der Waals surface area (Å²) in [7, 11) is 0. The minimum absolute atomic E-state index is 0.294. The highest BCUT2D eigenvalue weighted by molar-refractivity contribution is 7.17. The lowest BCUT2D eigenvalue weighted by molar-refractivity contribution is 0.0997. The highest BCUT2D eigenvalue weighted by Gasteiger charge is 2.30. The Balaban J connectivity index is 1.82. The first-order valence-corrected chi connectivity index (χ1v) is 10.2. The number of hydrogen-bond acceptors (Lipinski definition) is 6. The summed E-state index contributed by atoms with van der Waals surface area (Å²) in [4.78, 5) is 39.1. The van der Waals surface area contributed by atoms with Crippen LogP contribution in [-0.4, -0.2) is 42.6 Å². The van der Waals surface area contributed by atoms with E-state index in [9.17, 15) is 14.4 Å². The van der Waals surface area contributed by atoms with Gasteiger partial charge in [0, 0.05) is 17.0 Å². The number of nitrogens with two attached hydrogens (primary N) is 1. The second-order valence-electron chi connectivity index (χ2n) is 6.35. The third kappa shape index (κ3) is 4.51. The average Bonchev–Trinajstić information content (AvgIpc) is 3.06. The van der Waals surface area contributed by atoms with Gasteiger partial charge in [-0.25, -0.2) is 4.79 Å². The number of ether oxygens (including phenoxy) is 2. The predicted octanol–water partition coefficient (Wildman–Crippen LogP) is 3.01. The number of anilines is 1. The van der Waals surface area contributed by atoms with Gasteiger partial charge in [-0.15, -0.1) is 11.3 Å². The zero-order chi connectivity index (χ0) is 21.0. The van der Waals surface area contributed by atoms with Crippen LogP contribution in [0.5, 0.6) is 5.75 Å². The third-order valence-electron chi connectivity index (χ3n) is 4.48. The molecule has 1 aliphatic rings. The highest BCUT2D eigenvalue weighted by Crippen LogP contribution is 2.37. The molecular formula is C20H23N3O5S. The number of carbonyl (C=O) groups is 3. The fraction of sp³-hybridized carbons (Fsp3) is 0.350. The Morgan fingerprint density at radius 3 is 2.52 bits per heavy atom. The molecule has 0 spiro atoms. The predicted molar refractivity (Wildman–Crippen MR) is 110 cm³/mol. The second kappa shape index (κ2) is 8.95. The molecule has 2 aromatic rings. The number of benzene rings is 1. The number of rotatable bonds is 6. The molecule has 1 aromatic heterocycles. The number of thiophene rings is 1. The normalized spacial score (nSPS) is 12.8. The molecule has 0 bridgehead atoms. The Bertz CT molecular complexity index is 923. The average molecular weight is 417 g/mol. The first kappa shape index (κ1) is 20.7. The summed E-state index contributed by atoms with van der Waals surface area (Å²) in [6.07, 6.45) is 0.0779. The molecule has 0 fully saturated rings. The van der Waals surface area contributed by atoms with Gasteiger partial charge in [0.05, 0.1) is 25.3 Å². The van der Waals surface area contributed by atoms with Crippen LogP contribution in [0.1, 0.15) is 45.0 Å². The van der Waals surface area contributed by atoms with Crippen molar-refractivity contribution in [3.63, 3.8) is 0 Å². The minimum Gasteiger partial charge on any atom is -0.494 e. The molecule has 0 radical (unpaired) electrons. The van der Waals surface area contributed by atoms with E-state index >= 15 is 0 Å². The van der Waals surface area contributed by atoms with Crippen LogP contribution in [0.2, 0.25) is 0 Å². The Kier molecular flexibility index (Phi) is 6.38. The molecule has 0 atom stereocenters. The molecule has 0 saturated heterocycles. The maximum atomic E-state index is 12.6. The molecule has 0 aliphatic carbocycles. The Morgan fingerprint density at radius 1 is 1.17 bits per heavy atom. The summed E-state index contributed by atoms with van der Waals surface area (Å²) in [6, 6.07) is 6.73. The summed E-state index contributed by atoms with van der Waals surface area (Å²) in [5.41, 5.74) is 7.12. The smallest absolute Gasteiger partial charge is 0.410 e. The molecule has 0 unspecified atom stereocenters. The van der Waals surface area contributed by atoms with E-state index in [0.29, 0.717) is 54.6 Å². The van der Waals surface area contributed by atoms with Gasteiger partial charge >= 0.3 is 6.09 Å². The molecule has 1 aliphatic heterocycles. The molecular weight excluding hydrogens is 394 g/mol. The van der Waals surface area contributed by atoms with Crippen LogP contribution in [0.4, 0.5) is 9.80 Å². The summed E-state index contributed by atoms with van der Waals surface area (Å²) in [5.74, 6) is -0.280. The van der Waals surface area contributed by atoms with Gasteiger partial charge in [-0.1, -0.05) is 0 Å². The molecule has 29 heavy (non-hydrogen) atoms. The van der Waals surface area contributed by atoms with Crippen LogP contribution in [0, 0.1) is 0 Å². The molecule has 2 heterocycles. The van der Waals surface area contributed by atoms with Crippen molar-refractivity contribution in [2.24, 2.45) is 5.73 Å². The minimum atomic E-state index is -0.603. The van der Waals surface area contributed by atoms with E-state index in [1.807, 2.05) is 6.92 Å². The van der Waals surface area contributed by atoms with Crippen molar-refractivity contribution in [1.29, 1.82) is 0 Å². The van der Waals surface area contributed by atoms with Crippen molar-refractivity contribution >= 4 is 34.2 Å².